The molecule has 0 spiro atoms. The predicted molar refractivity (Wildman–Crippen MR) is 72.5 cm³/mol. The molecule has 3 rings (SSSR count). The molecule has 1 heterocycles. The van der Waals surface area contributed by atoms with Crippen LogP contribution in [0.5, 0.6) is 0 Å². The Hall–Kier alpha value is -1.15. The maximum Gasteiger partial charge on any atom is 0.133 e. The van der Waals surface area contributed by atoms with Crippen molar-refractivity contribution in [1.29, 1.82) is 0 Å². The molecule has 0 amide bonds. The minimum Gasteiger partial charge on any atom is -0.300 e. The van der Waals surface area contributed by atoms with Crippen LogP contribution in [-0.2, 0) is 11.2 Å². The van der Waals surface area contributed by atoms with Gasteiger partial charge in [-0.25, -0.2) is 0 Å². The fourth-order valence-electron chi connectivity index (χ4n) is 2.79. The normalized spacial score (nSPS) is 20.9. The summed E-state index contributed by atoms with van der Waals surface area (Å²) in [5.41, 5.74) is 1.44. The van der Waals surface area contributed by atoms with Crippen molar-refractivity contribution < 1.29 is 4.79 Å². The summed E-state index contributed by atoms with van der Waals surface area (Å²) in [7, 11) is 0. The van der Waals surface area contributed by atoms with E-state index in [1.807, 2.05) is 11.3 Å². The van der Waals surface area contributed by atoms with Gasteiger partial charge in [0.05, 0.1) is 0 Å². The van der Waals surface area contributed by atoms with E-state index in [2.05, 4.69) is 29.6 Å². The number of thiophene rings is 1. The first-order chi connectivity index (χ1) is 8.33. The van der Waals surface area contributed by atoms with E-state index in [4.69, 9.17) is 0 Å². The van der Waals surface area contributed by atoms with Crippen LogP contribution in [0.15, 0.2) is 29.6 Å². The summed E-state index contributed by atoms with van der Waals surface area (Å²) in [4.78, 5) is 11.5. The van der Waals surface area contributed by atoms with Crippen molar-refractivity contribution in [3.8, 4) is 0 Å². The molecule has 1 aliphatic carbocycles. The van der Waals surface area contributed by atoms with Crippen molar-refractivity contribution >= 4 is 27.2 Å². The van der Waals surface area contributed by atoms with Crippen LogP contribution in [0.1, 0.15) is 31.2 Å². The quantitative estimate of drug-likeness (QED) is 0.773. The lowest BCUT2D eigenvalue weighted by Gasteiger charge is -2.20. The van der Waals surface area contributed by atoms with Crippen LogP contribution < -0.4 is 0 Å². The zero-order chi connectivity index (χ0) is 11.7. The van der Waals surface area contributed by atoms with Crippen molar-refractivity contribution in [3.63, 3.8) is 0 Å². The molecule has 0 saturated heterocycles. The molecular weight excluding hydrogens is 228 g/mol. The van der Waals surface area contributed by atoms with E-state index in [-0.39, 0.29) is 0 Å². The van der Waals surface area contributed by atoms with E-state index >= 15 is 0 Å². The van der Waals surface area contributed by atoms with E-state index in [1.165, 1.54) is 22.1 Å². The van der Waals surface area contributed by atoms with Gasteiger partial charge < -0.3 is 0 Å². The summed E-state index contributed by atoms with van der Waals surface area (Å²) in [5, 5.41) is 3.65. The van der Waals surface area contributed by atoms with Crippen LogP contribution >= 0.6 is 11.3 Å². The molecule has 1 aromatic carbocycles. The van der Waals surface area contributed by atoms with Crippen molar-refractivity contribution in [2.24, 2.45) is 5.92 Å². The molecule has 2 heteroatoms. The smallest absolute Gasteiger partial charge is 0.133 e. The molecule has 0 aliphatic heterocycles. The van der Waals surface area contributed by atoms with Gasteiger partial charge in [0.2, 0.25) is 0 Å². The number of benzene rings is 1. The van der Waals surface area contributed by atoms with E-state index in [0.717, 1.165) is 25.7 Å². The summed E-state index contributed by atoms with van der Waals surface area (Å²) in [6, 6.07) is 8.57. The topological polar surface area (TPSA) is 17.1 Å². The molecule has 1 saturated carbocycles. The van der Waals surface area contributed by atoms with Crippen molar-refractivity contribution in [2.45, 2.75) is 32.1 Å². The molecule has 88 valence electrons. The molecule has 1 unspecified atom stereocenters. The number of carbonyl (C=O) groups is 1. The maximum absolute atomic E-state index is 11.5. The maximum atomic E-state index is 11.5. The zero-order valence-corrected chi connectivity index (χ0v) is 10.6. The van der Waals surface area contributed by atoms with Gasteiger partial charge in [-0.3, -0.25) is 4.79 Å². The van der Waals surface area contributed by atoms with Crippen LogP contribution in [0.3, 0.4) is 0 Å². The van der Waals surface area contributed by atoms with E-state index in [9.17, 15) is 4.79 Å². The molecule has 1 atom stereocenters. The lowest BCUT2D eigenvalue weighted by atomic mass is 9.84. The van der Waals surface area contributed by atoms with E-state index < -0.39 is 0 Å². The number of rotatable bonds is 2. The Morgan fingerprint density at radius 3 is 3.06 bits per heavy atom. The first kappa shape index (κ1) is 11.0. The fourth-order valence-corrected chi connectivity index (χ4v) is 3.77. The molecule has 2 aromatic rings. The number of hydrogen-bond donors (Lipinski definition) is 0. The van der Waals surface area contributed by atoms with Gasteiger partial charge >= 0.3 is 0 Å². The largest absolute Gasteiger partial charge is 0.300 e. The first-order valence-corrected chi connectivity index (χ1v) is 7.18. The fraction of sp³-hybridized carbons (Fsp3) is 0.400. The van der Waals surface area contributed by atoms with Gasteiger partial charge in [-0.1, -0.05) is 18.2 Å². The van der Waals surface area contributed by atoms with Gasteiger partial charge in [-0.2, -0.15) is 0 Å². The molecule has 1 nitrogen and oxygen atoms in total. The predicted octanol–water partition coefficient (Wildman–Crippen LogP) is 4.20. The summed E-state index contributed by atoms with van der Waals surface area (Å²) in [6.07, 6.45) is 4.99. The Bertz CT molecular complexity index is 541. The second-order valence-corrected chi connectivity index (χ2v) is 5.87. The average molecular weight is 244 g/mol. The van der Waals surface area contributed by atoms with Gasteiger partial charge in [0.15, 0.2) is 0 Å². The highest BCUT2D eigenvalue weighted by atomic mass is 32.1. The molecule has 1 fully saturated rings. The lowest BCUT2D eigenvalue weighted by Crippen LogP contribution is -2.16. The van der Waals surface area contributed by atoms with Crippen molar-refractivity contribution in [3.05, 3.63) is 35.2 Å². The molecule has 1 aliphatic rings. The van der Waals surface area contributed by atoms with Gasteiger partial charge in [0.25, 0.3) is 0 Å². The van der Waals surface area contributed by atoms with Crippen LogP contribution in [0.25, 0.3) is 10.1 Å². The molecule has 17 heavy (non-hydrogen) atoms. The molecule has 0 bridgehead atoms. The van der Waals surface area contributed by atoms with Gasteiger partial charge in [-0.05, 0) is 47.6 Å². The number of Topliss-reactive ketones (excluding diaryl/α,β-unsaturated/α-hetero) is 1. The van der Waals surface area contributed by atoms with Crippen LogP contribution in [0.2, 0.25) is 0 Å². The third-order valence-corrected chi connectivity index (χ3v) is 4.67. The van der Waals surface area contributed by atoms with Gasteiger partial charge in [-0.15, -0.1) is 11.3 Å². The van der Waals surface area contributed by atoms with Crippen LogP contribution in [-0.4, -0.2) is 5.78 Å². The van der Waals surface area contributed by atoms with Gasteiger partial charge in [0.1, 0.15) is 5.78 Å². The Kier molecular flexibility index (Phi) is 2.98. The monoisotopic (exact) mass is 244 g/mol. The van der Waals surface area contributed by atoms with E-state index in [0.29, 0.717) is 11.7 Å². The Morgan fingerprint density at radius 1 is 1.29 bits per heavy atom. The highest BCUT2D eigenvalue weighted by Crippen LogP contribution is 2.31. The summed E-state index contributed by atoms with van der Waals surface area (Å²) >= 11 is 1.82. The second-order valence-electron chi connectivity index (χ2n) is 4.96. The highest BCUT2D eigenvalue weighted by molar-refractivity contribution is 7.17. The second kappa shape index (κ2) is 4.61. The lowest BCUT2D eigenvalue weighted by molar-refractivity contribution is -0.121. The first-order valence-electron chi connectivity index (χ1n) is 6.30. The third-order valence-electron chi connectivity index (χ3n) is 3.65. The third kappa shape index (κ3) is 2.27. The number of carbonyl (C=O) groups excluding carboxylic acids is 1. The number of fused-ring (bicyclic) bond motifs is 1. The Morgan fingerprint density at radius 2 is 2.18 bits per heavy atom. The standard InChI is InChI=1S/C15H16OS/c16-13-5-3-4-11(9-13)8-12-10-17-15-7-2-1-6-14(12)15/h1-2,6-7,10-11H,3-5,8-9H2. The summed E-state index contributed by atoms with van der Waals surface area (Å²) in [6.45, 7) is 0. The average Bonchev–Trinajstić information content (AvgIpc) is 2.73. The molecular formula is C15H16OS. The number of ketones is 1. The van der Waals surface area contributed by atoms with Crippen molar-refractivity contribution in [1.82, 2.24) is 0 Å². The molecule has 0 N–H and O–H groups in total. The SMILES string of the molecule is O=C1CCCC(Cc2csc3ccccc23)C1. The summed E-state index contributed by atoms with van der Waals surface area (Å²) in [5.74, 6) is 1.04. The highest BCUT2D eigenvalue weighted by Gasteiger charge is 2.20. The Labute approximate surface area is 105 Å². The van der Waals surface area contributed by atoms with Gasteiger partial charge in [0, 0.05) is 17.5 Å². The summed E-state index contributed by atoms with van der Waals surface area (Å²) < 4.78 is 1.37. The van der Waals surface area contributed by atoms with E-state index in [1.54, 1.807) is 0 Å². The van der Waals surface area contributed by atoms with Crippen molar-refractivity contribution in [2.75, 3.05) is 0 Å². The molecule has 1 aromatic heterocycles. The van der Waals surface area contributed by atoms with Crippen LogP contribution in [0.4, 0.5) is 0 Å². The minimum absolute atomic E-state index is 0.459. The number of hydrogen-bond acceptors (Lipinski definition) is 2. The van der Waals surface area contributed by atoms with Crippen LogP contribution in [0, 0.1) is 5.92 Å². The molecule has 0 radical (unpaired) electrons. The Balaban J connectivity index is 1.82. The minimum atomic E-state index is 0.459. The zero-order valence-electron chi connectivity index (χ0n) is 9.82.